The van der Waals surface area contributed by atoms with Crippen molar-refractivity contribution >= 4 is 16.8 Å². The Labute approximate surface area is 142 Å². The summed E-state index contributed by atoms with van der Waals surface area (Å²) in [4.78, 5) is 15.8. The number of amides is 1. The molecule has 0 bridgehead atoms. The molecule has 1 amide bonds. The van der Waals surface area contributed by atoms with Gasteiger partial charge < -0.3 is 10.3 Å². The van der Waals surface area contributed by atoms with Gasteiger partial charge in [0.1, 0.15) is 5.82 Å². The molecule has 0 atom stereocenters. The minimum absolute atomic E-state index is 0.00383. The summed E-state index contributed by atoms with van der Waals surface area (Å²) >= 11 is 0. The van der Waals surface area contributed by atoms with Crippen LogP contribution in [0.5, 0.6) is 0 Å². The van der Waals surface area contributed by atoms with Gasteiger partial charge in [-0.25, -0.2) is 4.39 Å². The summed E-state index contributed by atoms with van der Waals surface area (Å²) in [6, 6.07) is 4.63. The Morgan fingerprint density at radius 2 is 2.17 bits per heavy atom. The van der Waals surface area contributed by atoms with Gasteiger partial charge in [-0.2, -0.15) is 0 Å². The highest BCUT2D eigenvalue weighted by Crippen LogP contribution is 2.31. The first-order chi connectivity index (χ1) is 11.5. The van der Waals surface area contributed by atoms with E-state index in [1.807, 2.05) is 20.0 Å². The maximum absolute atomic E-state index is 13.3. The molecule has 128 valence electrons. The zero-order valence-electron chi connectivity index (χ0n) is 14.4. The Balaban J connectivity index is 1.69. The average Bonchev–Trinajstić information content (AvgIpc) is 2.99. The third kappa shape index (κ3) is 3.37. The van der Waals surface area contributed by atoms with Gasteiger partial charge in [-0.3, -0.25) is 4.79 Å². The van der Waals surface area contributed by atoms with E-state index in [0.717, 1.165) is 29.3 Å². The largest absolute Gasteiger partial charge is 0.361 e. The van der Waals surface area contributed by atoms with Crippen LogP contribution in [0.3, 0.4) is 0 Å². The molecule has 3 rings (SSSR count). The lowest BCUT2D eigenvalue weighted by Gasteiger charge is -2.24. The molecular formula is C20H25FN2O. The Kier molecular flexibility index (Phi) is 4.74. The molecule has 2 aromatic rings. The van der Waals surface area contributed by atoms with E-state index in [4.69, 9.17) is 0 Å². The standard InChI is InChI=1S/C20H25FN2O/c1-20(2,17-13-23-18-12-15(21)8-9-16(17)18)19(24)22-11-10-14-6-4-3-5-7-14/h6,8-9,12-13,23H,3-5,7,10-11H2,1-2H3,(H,22,24). The molecule has 0 aliphatic heterocycles. The van der Waals surface area contributed by atoms with Crippen molar-refractivity contribution in [3.05, 3.63) is 47.4 Å². The minimum Gasteiger partial charge on any atom is -0.361 e. The maximum Gasteiger partial charge on any atom is 0.230 e. The van der Waals surface area contributed by atoms with E-state index in [1.165, 1.54) is 37.0 Å². The Hall–Kier alpha value is -2.10. The number of carbonyl (C=O) groups is 1. The number of halogens is 1. The smallest absolute Gasteiger partial charge is 0.230 e. The average molecular weight is 328 g/mol. The van der Waals surface area contributed by atoms with Crippen molar-refractivity contribution in [1.82, 2.24) is 10.3 Å². The first-order valence-electron chi connectivity index (χ1n) is 8.72. The van der Waals surface area contributed by atoms with E-state index in [-0.39, 0.29) is 11.7 Å². The molecule has 1 heterocycles. The van der Waals surface area contributed by atoms with Crippen molar-refractivity contribution in [2.45, 2.75) is 51.4 Å². The highest BCUT2D eigenvalue weighted by molar-refractivity contribution is 5.94. The topological polar surface area (TPSA) is 44.9 Å². The molecule has 24 heavy (non-hydrogen) atoms. The fraction of sp³-hybridized carbons (Fsp3) is 0.450. The van der Waals surface area contributed by atoms with Gasteiger partial charge in [0.2, 0.25) is 5.91 Å². The van der Waals surface area contributed by atoms with E-state index >= 15 is 0 Å². The monoisotopic (exact) mass is 328 g/mol. The predicted octanol–water partition coefficient (Wildman–Crippen LogP) is 4.59. The second-order valence-electron chi connectivity index (χ2n) is 7.13. The summed E-state index contributed by atoms with van der Waals surface area (Å²) in [5.74, 6) is -0.275. The van der Waals surface area contributed by atoms with Crippen LogP contribution < -0.4 is 5.32 Å². The number of allylic oxidation sites excluding steroid dienone is 1. The lowest BCUT2D eigenvalue weighted by Crippen LogP contribution is -2.40. The number of aromatic amines is 1. The molecule has 1 aromatic carbocycles. The number of nitrogens with one attached hydrogen (secondary N) is 2. The van der Waals surface area contributed by atoms with Crippen molar-refractivity contribution in [2.75, 3.05) is 6.54 Å². The first kappa shape index (κ1) is 16.7. The summed E-state index contributed by atoms with van der Waals surface area (Å²) in [5, 5.41) is 3.96. The molecule has 0 spiro atoms. The molecule has 0 unspecified atom stereocenters. The first-order valence-corrected chi connectivity index (χ1v) is 8.72. The second-order valence-corrected chi connectivity index (χ2v) is 7.13. The zero-order valence-corrected chi connectivity index (χ0v) is 14.4. The van der Waals surface area contributed by atoms with Crippen molar-refractivity contribution in [3.8, 4) is 0 Å². The van der Waals surface area contributed by atoms with Gasteiger partial charge in [0.05, 0.1) is 5.41 Å². The summed E-state index contributed by atoms with van der Waals surface area (Å²) in [6.07, 6.45) is 9.93. The zero-order chi connectivity index (χ0) is 17.2. The molecule has 0 saturated heterocycles. The normalized spacial score (nSPS) is 15.4. The number of fused-ring (bicyclic) bond motifs is 1. The minimum atomic E-state index is -0.670. The molecule has 3 nitrogen and oxygen atoms in total. The van der Waals surface area contributed by atoms with Crippen LogP contribution in [0.2, 0.25) is 0 Å². The predicted molar refractivity (Wildman–Crippen MR) is 95.5 cm³/mol. The summed E-state index contributed by atoms with van der Waals surface area (Å²) < 4.78 is 13.3. The third-order valence-corrected chi connectivity index (χ3v) is 5.00. The van der Waals surface area contributed by atoms with Crippen molar-refractivity contribution < 1.29 is 9.18 Å². The van der Waals surface area contributed by atoms with Crippen LogP contribution in [-0.4, -0.2) is 17.4 Å². The van der Waals surface area contributed by atoms with E-state index in [1.54, 1.807) is 6.07 Å². The maximum atomic E-state index is 13.3. The van der Waals surface area contributed by atoms with Crippen LogP contribution in [0.25, 0.3) is 10.9 Å². The number of hydrogen-bond acceptors (Lipinski definition) is 1. The van der Waals surface area contributed by atoms with E-state index < -0.39 is 5.41 Å². The Morgan fingerprint density at radius 1 is 1.33 bits per heavy atom. The van der Waals surface area contributed by atoms with Gasteiger partial charge in [-0.15, -0.1) is 0 Å². The molecule has 1 aliphatic rings. The van der Waals surface area contributed by atoms with Crippen LogP contribution >= 0.6 is 0 Å². The van der Waals surface area contributed by atoms with Gasteiger partial charge in [-0.1, -0.05) is 11.6 Å². The molecule has 1 aliphatic carbocycles. The van der Waals surface area contributed by atoms with Crippen LogP contribution in [0.15, 0.2) is 36.0 Å². The van der Waals surface area contributed by atoms with Crippen molar-refractivity contribution in [1.29, 1.82) is 0 Å². The van der Waals surface area contributed by atoms with E-state index in [9.17, 15) is 9.18 Å². The van der Waals surface area contributed by atoms with Crippen molar-refractivity contribution in [2.24, 2.45) is 0 Å². The van der Waals surface area contributed by atoms with E-state index in [2.05, 4.69) is 16.4 Å². The van der Waals surface area contributed by atoms with Gasteiger partial charge in [0, 0.05) is 23.6 Å². The quantitative estimate of drug-likeness (QED) is 0.775. The van der Waals surface area contributed by atoms with Gasteiger partial charge in [0.15, 0.2) is 0 Å². The fourth-order valence-electron chi connectivity index (χ4n) is 3.43. The van der Waals surface area contributed by atoms with Crippen LogP contribution in [-0.2, 0) is 10.2 Å². The molecule has 0 saturated carbocycles. The molecule has 4 heteroatoms. The highest BCUT2D eigenvalue weighted by atomic mass is 19.1. The Morgan fingerprint density at radius 3 is 2.92 bits per heavy atom. The Bertz CT molecular complexity index is 773. The fourth-order valence-corrected chi connectivity index (χ4v) is 3.43. The lowest BCUT2D eigenvalue weighted by molar-refractivity contribution is -0.125. The number of rotatable bonds is 5. The summed E-state index contributed by atoms with van der Waals surface area (Å²) in [5.41, 5.74) is 2.41. The van der Waals surface area contributed by atoms with E-state index in [0.29, 0.717) is 6.54 Å². The van der Waals surface area contributed by atoms with Gasteiger partial charge >= 0.3 is 0 Å². The lowest BCUT2D eigenvalue weighted by atomic mass is 9.83. The molecule has 0 fully saturated rings. The van der Waals surface area contributed by atoms with Crippen LogP contribution in [0, 0.1) is 5.82 Å². The summed E-state index contributed by atoms with van der Waals surface area (Å²) in [6.45, 7) is 4.49. The van der Waals surface area contributed by atoms with Gasteiger partial charge in [-0.05, 0) is 69.7 Å². The van der Waals surface area contributed by atoms with Crippen LogP contribution in [0.4, 0.5) is 4.39 Å². The highest BCUT2D eigenvalue weighted by Gasteiger charge is 2.32. The van der Waals surface area contributed by atoms with Gasteiger partial charge in [0.25, 0.3) is 0 Å². The number of benzene rings is 1. The summed E-state index contributed by atoms with van der Waals surface area (Å²) in [7, 11) is 0. The third-order valence-electron chi connectivity index (χ3n) is 5.00. The molecule has 0 radical (unpaired) electrons. The number of aromatic nitrogens is 1. The number of carbonyl (C=O) groups excluding carboxylic acids is 1. The van der Waals surface area contributed by atoms with Crippen LogP contribution in [0.1, 0.15) is 51.5 Å². The number of hydrogen-bond donors (Lipinski definition) is 2. The number of H-pyrrole nitrogens is 1. The molecule has 1 aromatic heterocycles. The molecule has 2 N–H and O–H groups in total. The second kappa shape index (κ2) is 6.80. The SMILES string of the molecule is CC(C)(C(=O)NCCC1=CCCCC1)c1c[nH]c2cc(F)ccc12. The molecular weight excluding hydrogens is 303 g/mol. The van der Waals surface area contributed by atoms with Crippen molar-refractivity contribution in [3.63, 3.8) is 0 Å².